The lowest BCUT2D eigenvalue weighted by atomic mass is 10.1. The summed E-state index contributed by atoms with van der Waals surface area (Å²) in [5.41, 5.74) is 2.12. The molecular weight excluding hydrogens is 198 g/mol. The van der Waals surface area contributed by atoms with Gasteiger partial charge in [-0.05, 0) is 30.2 Å². The second kappa shape index (κ2) is 3.84. The van der Waals surface area contributed by atoms with Crippen LogP contribution in [-0.4, -0.2) is 11.3 Å². The SMILES string of the molecule is O=CCCc1cc(Cl)c2cc[nH]c2c1. The molecule has 1 aromatic carbocycles. The van der Waals surface area contributed by atoms with Crippen molar-refractivity contribution in [1.82, 2.24) is 4.98 Å². The fourth-order valence-electron chi connectivity index (χ4n) is 1.55. The monoisotopic (exact) mass is 207 g/mol. The number of hydrogen-bond donors (Lipinski definition) is 1. The van der Waals surface area contributed by atoms with Crippen LogP contribution in [0.25, 0.3) is 10.9 Å². The molecule has 1 N–H and O–H groups in total. The van der Waals surface area contributed by atoms with Gasteiger partial charge in [-0.2, -0.15) is 0 Å². The molecule has 1 aromatic heterocycles. The third-order valence-electron chi connectivity index (χ3n) is 2.23. The molecule has 0 radical (unpaired) electrons. The first kappa shape index (κ1) is 9.28. The Balaban J connectivity index is 2.42. The highest BCUT2D eigenvalue weighted by atomic mass is 35.5. The quantitative estimate of drug-likeness (QED) is 0.772. The maximum atomic E-state index is 10.2. The molecule has 0 bridgehead atoms. The van der Waals surface area contributed by atoms with Gasteiger partial charge in [-0.25, -0.2) is 0 Å². The minimum atomic E-state index is 0.544. The largest absolute Gasteiger partial charge is 0.361 e. The summed E-state index contributed by atoms with van der Waals surface area (Å²) in [7, 11) is 0. The van der Waals surface area contributed by atoms with Gasteiger partial charge in [0, 0.05) is 23.5 Å². The number of benzene rings is 1. The van der Waals surface area contributed by atoms with Crippen LogP contribution in [0.4, 0.5) is 0 Å². The summed E-state index contributed by atoms with van der Waals surface area (Å²) in [6.45, 7) is 0. The molecule has 0 saturated heterocycles. The number of aromatic amines is 1. The molecule has 0 unspecified atom stereocenters. The highest BCUT2D eigenvalue weighted by Gasteiger charge is 2.02. The number of H-pyrrole nitrogens is 1. The van der Waals surface area contributed by atoms with E-state index in [0.717, 1.165) is 34.2 Å². The van der Waals surface area contributed by atoms with Crippen LogP contribution in [0.5, 0.6) is 0 Å². The van der Waals surface area contributed by atoms with Gasteiger partial charge >= 0.3 is 0 Å². The van der Waals surface area contributed by atoms with Gasteiger partial charge in [0.15, 0.2) is 0 Å². The van der Waals surface area contributed by atoms with E-state index < -0.39 is 0 Å². The third kappa shape index (κ3) is 1.66. The summed E-state index contributed by atoms with van der Waals surface area (Å²) in [4.78, 5) is 13.3. The average Bonchev–Trinajstić information content (AvgIpc) is 2.63. The lowest BCUT2D eigenvalue weighted by Crippen LogP contribution is -1.86. The Kier molecular flexibility index (Phi) is 2.55. The van der Waals surface area contributed by atoms with Crippen LogP contribution in [0, 0.1) is 0 Å². The first-order valence-electron chi connectivity index (χ1n) is 4.50. The van der Waals surface area contributed by atoms with E-state index in [2.05, 4.69) is 4.98 Å². The predicted molar refractivity (Wildman–Crippen MR) is 57.7 cm³/mol. The van der Waals surface area contributed by atoms with Crippen molar-refractivity contribution in [2.24, 2.45) is 0 Å². The van der Waals surface area contributed by atoms with Crippen molar-refractivity contribution in [3.63, 3.8) is 0 Å². The summed E-state index contributed by atoms with van der Waals surface area (Å²) >= 11 is 6.07. The maximum Gasteiger partial charge on any atom is 0.120 e. The Labute approximate surface area is 86.9 Å². The second-order valence-corrected chi connectivity index (χ2v) is 3.63. The van der Waals surface area contributed by atoms with Gasteiger partial charge in [0.1, 0.15) is 6.29 Å². The summed E-state index contributed by atoms with van der Waals surface area (Å²) < 4.78 is 0. The molecule has 2 aromatic rings. The van der Waals surface area contributed by atoms with Gasteiger partial charge in [0.05, 0.1) is 5.02 Å². The van der Waals surface area contributed by atoms with Crippen LogP contribution in [0.15, 0.2) is 24.4 Å². The number of hydrogen-bond acceptors (Lipinski definition) is 1. The summed E-state index contributed by atoms with van der Waals surface area (Å²) in [6.07, 6.45) is 4.08. The highest BCUT2D eigenvalue weighted by molar-refractivity contribution is 6.35. The molecule has 0 aliphatic carbocycles. The molecule has 0 atom stereocenters. The lowest BCUT2D eigenvalue weighted by Gasteiger charge is -2.00. The van der Waals surface area contributed by atoms with Crippen LogP contribution in [0.2, 0.25) is 5.02 Å². The van der Waals surface area contributed by atoms with Gasteiger partial charge in [0.25, 0.3) is 0 Å². The van der Waals surface area contributed by atoms with E-state index >= 15 is 0 Å². The summed E-state index contributed by atoms with van der Waals surface area (Å²) in [6, 6.07) is 5.90. The van der Waals surface area contributed by atoms with E-state index in [1.807, 2.05) is 24.4 Å². The molecular formula is C11H10ClNO. The summed E-state index contributed by atoms with van der Waals surface area (Å²) in [5.74, 6) is 0. The number of nitrogens with one attached hydrogen (secondary N) is 1. The van der Waals surface area contributed by atoms with Crippen molar-refractivity contribution in [3.05, 3.63) is 35.0 Å². The van der Waals surface area contributed by atoms with Crippen molar-refractivity contribution >= 4 is 28.8 Å². The molecule has 0 aliphatic rings. The van der Waals surface area contributed by atoms with Gasteiger partial charge in [-0.15, -0.1) is 0 Å². The number of aldehydes is 1. The van der Waals surface area contributed by atoms with Crippen LogP contribution >= 0.6 is 11.6 Å². The number of aromatic nitrogens is 1. The zero-order valence-corrected chi connectivity index (χ0v) is 8.34. The van der Waals surface area contributed by atoms with Crippen LogP contribution in [0.1, 0.15) is 12.0 Å². The highest BCUT2D eigenvalue weighted by Crippen LogP contribution is 2.24. The molecule has 14 heavy (non-hydrogen) atoms. The van der Waals surface area contributed by atoms with Crippen molar-refractivity contribution < 1.29 is 4.79 Å². The standard InChI is InChI=1S/C11H10ClNO/c12-10-6-8(2-1-5-14)7-11-9(10)3-4-13-11/h3-7,13H,1-2H2. The predicted octanol–water partition coefficient (Wildman–Crippen LogP) is 2.95. The molecule has 0 saturated carbocycles. The maximum absolute atomic E-state index is 10.2. The van der Waals surface area contributed by atoms with Crippen LogP contribution in [0.3, 0.4) is 0 Å². The van der Waals surface area contributed by atoms with E-state index in [1.54, 1.807) is 0 Å². The van der Waals surface area contributed by atoms with Gasteiger partial charge < -0.3 is 9.78 Å². The van der Waals surface area contributed by atoms with E-state index in [1.165, 1.54) is 0 Å². The number of carbonyl (C=O) groups is 1. The van der Waals surface area contributed by atoms with E-state index in [9.17, 15) is 4.79 Å². The molecule has 1 heterocycles. The van der Waals surface area contributed by atoms with Gasteiger partial charge in [-0.3, -0.25) is 0 Å². The third-order valence-corrected chi connectivity index (χ3v) is 2.54. The smallest absolute Gasteiger partial charge is 0.120 e. The van der Waals surface area contributed by atoms with E-state index in [4.69, 9.17) is 11.6 Å². The number of aryl methyl sites for hydroxylation is 1. The first-order valence-corrected chi connectivity index (χ1v) is 4.88. The zero-order chi connectivity index (χ0) is 9.97. The molecule has 0 aliphatic heterocycles. The number of fused-ring (bicyclic) bond motifs is 1. The molecule has 2 rings (SSSR count). The Hall–Kier alpha value is -1.28. The number of halogens is 1. The number of rotatable bonds is 3. The molecule has 72 valence electrons. The van der Waals surface area contributed by atoms with Crippen LogP contribution < -0.4 is 0 Å². The Morgan fingerprint density at radius 1 is 1.43 bits per heavy atom. The van der Waals surface area contributed by atoms with E-state index in [0.29, 0.717) is 6.42 Å². The minimum Gasteiger partial charge on any atom is -0.361 e. The van der Waals surface area contributed by atoms with Crippen molar-refractivity contribution in [2.45, 2.75) is 12.8 Å². The molecule has 0 fully saturated rings. The molecule has 0 amide bonds. The minimum absolute atomic E-state index is 0.544. The number of carbonyl (C=O) groups excluding carboxylic acids is 1. The van der Waals surface area contributed by atoms with Crippen molar-refractivity contribution in [2.75, 3.05) is 0 Å². The van der Waals surface area contributed by atoms with Gasteiger partial charge in [0.2, 0.25) is 0 Å². The second-order valence-electron chi connectivity index (χ2n) is 3.22. The zero-order valence-electron chi connectivity index (χ0n) is 7.59. The van der Waals surface area contributed by atoms with Crippen molar-refractivity contribution in [1.29, 1.82) is 0 Å². The van der Waals surface area contributed by atoms with Gasteiger partial charge in [-0.1, -0.05) is 11.6 Å². The van der Waals surface area contributed by atoms with E-state index in [-0.39, 0.29) is 0 Å². The summed E-state index contributed by atoms with van der Waals surface area (Å²) in [5, 5.41) is 1.77. The molecule has 0 spiro atoms. The van der Waals surface area contributed by atoms with Crippen LogP contribution in [-0.2, 0) is 11.2 Å². The average molecular weight is 208 g/mol. The van der Waals surface area contributed by atoms with Crippen molar-refractivity contribution in [3.8, 4) is 0 Å². The Bertz CT molecular complexity index is 461. The molecule has 2 nitrogen and oxygen atoms in total. The fraction of sp³-hybridized carbons (Fsp3) is 0.182. The lowest BCUT2D eigenvalue weighted by molar-refractivity contribution is -0.107. The Morgan fingerprint density at radius 3 is 3.07 bits per heavy atom. The first-order chi connectivity index (χ1) is 6.81. The topological polar surface area (TPSA) is 32.9 Å². The Morgan fingerprint density at radius 2 is 2.29 bits per heavy atom. The normalized spacial score (nSPS) is 10.6. The molecule has 3 heteroatoms. The fourth-order valence-corrected chi connectivity index (χ4v) is 1.85.